The third kappa shape index (κ3) is 3.72. The average molecular weight is 280 g/mol. The van der Waals surface area contributed by atoms with Gasteiger partial charge in [-0.2, -0.15) is 4.72 Å². The van der Waals surface area contributed by atoms with Crippen LogP contribution in [-0.2, 0) is 10.0 Å². The Morgan fingerprint density at radius 3 is 2.58 bits per heavy atom. The minimum absolute atomic E-state index is 0.196. The highest BCUT2D eigenvalue weighted by Crippen LogP contribution is 2.23. The molecule has 3 N–H and O–H groups in total. The van der Waals surface area contributed by atoms with Gasteiger partial charge in [0.1, 0.15) is 0 Å². The predicted molar refractivity (Wildman–Crippen MR) is 78.2 cm³/mol. The molecule has 1 unspecified atom stereocenters. The van der Waals surface area contributed by atoms with E-state index in [1.165, 1.54) is 0 Å². The normalized spacial score (nSPS) is 12.9. The molecule has 0 aliphatic heterocycles. The zero-order valence-corrected chi connectivity index (χ0v) is 12.3. The monoisotopic (exact) mass is 280 g/mol. The van der Waals surface area contributed by atoms with Gasteiger partial charge in [0.15, 0.2) is 0 Å². The summed E-state index contributed by atoms with van der Waals surface area (Å²) in [5.41, 5.74) is 7.62. The van der Waals surface area contributed by atoms with Gasteiger partial charge in [0.05, 0.1) is 10.9 Å². The van der Waals surface area contributed by atoms with Gasteiger partial charge in [-0.05, 0) is 43.5 Å². The number of nitrogen functional groups attached to an aromatic ring is 1. The lowest BCUT2D eigenvalue weighted by Gasteiger charge is -2.15. The Labute approximate surface area is 115 Å². The zero-order valence-electron chi connectivity index (χ0n) is 11.5. The van der Waals surface area contributed by atoms with Crippen LogP contribution in [0.25, 0.3) is 0 Å². The van der Waals surface area contributed by atoms with Gasteiger partial charge in [0.2, 0.25) is 10.0 Å². The zero-order chi connectivity index (χ0) is 14.6. The molecule has 0 radical (unpaired) electrons. The third-order valence-electron chi connectivity index (χ3n) is 2.91. The van der Waals surface area contributed by atoms with Crippen LogP contribution in [0.15, 0.2) is 17.0 Å². The second-order valence-electron chi connectivity index (χ2n) is 4.61. The second kappa shape index (κ2) is 6.09. The summed E-state index contributed by atoms with van der Waals surface area (Å²) in [5, 5.41) is 0. The van der Waals surface area contributed by atoms with Gasteiger partial charge < -0.3 is 5.73 Å². The summed E-state index contributed by atoms with van der Waals surface area (Å²) in [7, 11) is -3.64. The van der Waals surface area contributed by atoms with Gasteiger partial charge >= 0.3 is 0 Å². The minimum Gasteiger partial charge on any atom is -0.398 e. The summed E-state index contributed by atoms with van der Waals surface area (Å²) >= 11 is 0. The molecule has 1 aromatic rings. The molecule has 4 nitrogen and oxygen atoms in total. The lowest BCUT2D eigenvalue weighted by atomic mass is 10.1. The number of benzene rings is 1. The summed E-state index contributed by atoms with van der Waals surface area (Å²) in [5.74, 6) is 2.46. The summed E-state index contributed by atoms with van der Waals surface area (Å²) in [4.78, 5) is 0.196. The van der Waals surface area contributed by atoms with Crippen LogP contribution in [0.3, 0.4) is 0 Å². The van der Waals surface area contributed by atoms with E-state index < -0.39 is 16.1 Å². The van der Waals surface area contributed by atoms with Crippen LogP contribution in [0.1, 0.15) is 30.9 Å². The maximum Gasteiger partial charge on any atom is 0.242 e. The highest BCUT2D eigenvalue weighted by atomic mass is 32.2. The van der Waals surface area contributed by atoms with Crippen molar-refractivity contribution in [3.8, 4) is 12.3 Å². The summed E-state index contributed by atoms with van der Waals surface area (Å²) in [6, 6.07) is 2.86. The molecule has 0 fully saturated rings. The molecule has 104 valence electrons. The SMILES string of the molecule is C#CC(CCC)NS(=O)(=O)c1cc(C)cc(N)c1C. The Kier molecular flexibility index (Phi) is 4.98. The lowest BCUT2D eigenvalue weighted by molar-refractivity contribution is 0.563. The molecular weight excluding hydrogens is 260 g/mol. The molecule has 0 aliphatic carbocycles. The first-order valence-electron chi connectivity index (χ1n) is 6.17. The minimum atomic E-state index is -3.64. The van der Waals surface area contributed by atoms with Crippen LogP contribution in [0.5, 0.6) is 0 Å². The number of anilines is 1. The molecule has 0 bridgehead atoms. The predicted octanol–water partition coefficient (Wildman–Crippen LogP) is 1.97. The van der Waals surface area contributed by atoms with Gasteiger partial charge in [-0.25, -0.2) is 8.42 Å². The highest BCUT2D eigenvalue weighted by molar-refractivity contribution is 7.89. The van der Waals surface area contributed by atoms with Gasteiger partial charge in [-0.3, -0.25) is 0 Å². The maximum atomic E-state index is 12.3. The van der Waals surface area contributed by atoms with Crippen molar-refractivity contribution in [1.29, 1.82) is 0 Å². The lowest BCUT2D eigenvalue weighted by Crippen LogP contribution is -2.34. The van der Waals surface area contributed by atoms with E-state index in [9.17, 15) is 8.42 Å². The number of nitrogens with one attached hydrogen (secondary N) is 1. The fourth-order valence-electron chi connectivity index (χ4n) is 1.85. The summed E-state index contributed by atoms with van der Waals surface area (Å²) in [6.07, 6.45) is 6.76. The van der Waals surface area contributed by atoms with Crippen LogP contribution in [0.4, 0.5) is 5.69 Å². The fourth-order valence-corrected chi connectivity index (χ4v) is 3.40. The average Bonchev–Trinajstić information content (AvgIpc) is 2.32. The first-order chi connectivity index (χ1) is 8.81. The number of terminal acetylenes is 1. The van der Waals surface area contributed by atoms with Gasteiger partial charge in [-0.1, -0.05) is 19.3 Å². The van der Waals surface area contributed by atoms with E-state index in [4.69, 9.17) is 12.2 Å². The molecule has 1 atom stereocenters. The van der Waals surface area contributed by atoms with Crippen LogP contribution < -0.4 is 10.5 Å². The van der Waals surface area contributed by atoms with E-state index in [0.29, 0.717) is 17.7 Å². The molecule has 0 aliphatic rings. The molecule has 0 spiro atoms. The van der Waals surface area contributed by atoms with Crippen LogP contribution in [-0.4, -0.2) is 14.5 Å². The number of hydrogen-bond donors (Lipinski definition) is 2. The van der Waals surface area contributed by atoms with E-state index in [1.54, 1.807) is 26.0 Å². The van der Waals surface area contributed by atoms with Gasteiger partial charge in [0.25, 0.3) is 0 Å². The molecule has 1 rings (SSSR count). The van der Waals surface area contributed by atoms with Crippen LogP contribution in [0.2, 0.25) is 0 Å². The van der Waals surface area contributed by atoms with Crippen molar-refractivity contribution in [2.24, 2.45) is 0 Å². The number of aryl methyl sites for hydroxylation is 1. The Morgan fingerprint density at radius 2 is 2.05 bits per heavy atom. The van der Waals surface area contributed by atoms with E-state index in [1.807, 2.05) is 6.92 Å². The number of nitrogens with two attached hydrogens (primary N) is 1. The Balaban J connectivity index is 3.18. The molecule has 0 aromatic heterocycles. The molecule has 1 aromatic carbocycles. The van der Waals surface area contributed by atoms with Crippen molar-refractivity contribution in [2.75, 3.05) is 5.73 Å². The van der Waals surface area contributed by atoms with Gasteiger partial charge in [0, 0.05) is 5.69 Å². The molecule has 19 heavy (non-hydrogen) atoms. The molecule has 0 saturated carbocycles. The van der Waals surface area contributed by atoms with Crippen LogP contribution in [0, 0.1) is 26.2 Å². The topological polar surface area (TPSA) is 72.2 Å². The number of sulfonamides is 1. The summed E-state index contributed by atoms with van der Waals surface area (Å²) in [6.45, 7) is 5.45. The van der Waals surface area contributed by atoms with Crippen LogP contribution >= 0.6 is 0 Å². The van der Waals surface area contributed by atoms with Crippen molar-refractivity contribution >= 4 is 15.7 Å². The van der Waals surface area contributed by atoms with E-state index in [-0.39, 0.29) is 4.90 Å². The molecule has 0 heterocycles. The van der Waals surface area contributed by atoms with Crippen molar-refractivity contribution in [1.82, 2.24) is 4.72 Å². The summed E-state index contributed by atoms with van der Waals surface area (Å²) < 4.78 is 27.2. The van der Waals surface area contributed by atoms with E-state index in [0.717, 1.165) is 12.0 Å². The van der Waals surface area contributed by atoms with E-state index in [2.05, 4.69) is 10.6 Å². The van der Waals surface area contributed by atoms with Crippen molar-refractivity contribution in [3.63, 3.8) is 0 Å². The smallest absolute Gasteiger partial charge is 0.242 e. The second-order valence-corrected chi connectivity index (χ2v) is 6.29. The van der Waals surface area contributed by atoms with Crippen molar-refractivity contribution in [2.45, 2.75) is 44.6 Å². The fraction of sp³-hybridized carbons (Fsp3) is 0.429. The van der Waals surface area contributed by atoms with Gasteiger partial charge in [-0.15, -0.1) is 6.42 Å². The Bertz CT molecular complexity index is 601. The molecular formula is C14H20N2O2S. The standard InChI is InChI=1S/C14H20N2O2S/c1-5-7-12(6-2)16-19(17,18)14-9-10(3)8-13(15)11(14)4/h2,8-9,12,16H,5,7,15H2,1,3-4H3. The van der Waals surface area contributed by atoms with E-state index >= 15 is 0 Å². The third-order valence-corrected chi connectivity index (χ3v) is 4.51. The first kappa shape index (κ1) is 15.5. The quantitative estimate of drug-likeness (QED) is 0.640. The largest absolute Gasteiger partial charge is 0.398 e. The maximum absolute atomic E-state index is 12.3. The first-order valence-corrected chi connectivity index (χ1v) is 7.65. The van der Waals surface area contributed by atoms with Crippen molar-refractivity contribution in [3.05, 3.63) is 23.3 Å². The Morgan fingerprint density at radius 1 is 1.42 bits per heavy atom. The molecule has 5 heteroatoms. The van der Waals surface area contributed by atoms with Crippen molar-refractivity contribution < 1.29 is 8.42 Å². The Hall–Kier alpha value is -1.51. The molecule has 0 saturated heterocycles. The molecule has 0 amide bonds. The number of rotatable bonds is 5. The number of hydrogen-bond acceptors (Lipinski definition) is 3. The highest BCUT2D eigenvalue weighted by Gasteiger charge is 2.21.